The molecule has 44 heavy (non-hydrogen) atoms. The van der Waals surface area contributed by atoms with Crippen LogP contribution in [-0.4, -0.2) is 38.7 Å². The van der Waals surface area contributed by atoms with Gasteiger partial charge in [-0.15, -0.1) is 0 Å². The number of pyridine rings is 1. The van der Waals surface area contributed by atoms with Gasteiger partial charge in [-0.05, 0) is 72.7 Å². The molecule has 0 aliphatic carbocycles. The predicted octanol–water partition coefficient (Wildman–Crippen LogP) is 7.65. The first-order valence-corrected chi connectivity index (χ1v) is 14.7. The number of phenolic OH excluding ortho intramolecular Hbond substituents is 1. The summed E-state index contributed by atoms with van der Waals surface area (Å²) in [5, 5.41) is 21.8. The van der Waals surface area contributed by atoms with Crippen molar-refractivity contribution in [1.82, 2.24) is 9.97 Å². The van der Waals surface area contributed by atoms with E-state index in [1.807, 2.05) is 73.7 Å². The summed E-state index contributed by atoms with van der Waals surface area (Å²) in [5.74, 6) is -0.443. The van der Waals surface area contributed by atoms with Gasteiger partial charge in [0.2, 0.25) is 5.91 Å². The third-order valence-corrected chi connectivity index (χ3v) is 8.09. The van der Waals surface area contributed by atoms with Crippen LogP contribution in [0.2, 0.25) is 0 Å². The van der Waals surface area contributed by atoms with Gasteiger partial charge in [-0.1, -0.05) is 70.5 Å². The lowest BCUT2D eigenvalue weighted by Crippen LogP contribution is -2.10. The van der Waals surface area contributed by atoms with Crippen molar-refractivity contribution in [2.24, 2.45) is 5.73 Å². The van der Waals surface area contributed by atoms with E-state index in [2.05, 4.69) is 25.9 Å². The van der Waals surface area contributed by atoms with E-state index < -0.39 is 11.9 Å². The summed E-state index contributed by atoms with van der Waals surface area (Å²) in [4.78, 5) is 30.8. The third-order valence-electron chi connectivity index (χ3n) is 7.20. The van der Waals surface area contributed by atoms with Crippen LogP contribution in [0.3, 0.4) is 0 Å². The first kappa shape index (κ1) is 30.3. The fourth-order valence-electron chi connectivity index (χ4n) is 5.01. The number of aromatic nitrogens is 2. The first-order chi connectivity index (χ1) is 21.2. The Morgan fingerprint density at radius 2 is 1.70 bits per heavy atom. The number of phenols is 1. The van der Waals surface area contributed by atoms with Crippen molar-refractivity contribution in [2.75, 3.05) is 6.61 Å². The molecule has 2 heterocycles. The third kappa shape index (κ3) is 6.74. The number of rotatable bonds is 8. The average molecular weight is 653 g/mol. The zero-order valence-electron chi connectivity index (χ0n) is 23.9. The Hall–Kier alpha value is -5.15. The summed E-state index contributed by atoms with van der Waals surface area (Å²) in [5.41, 5.74) is 9.61. The van der Waals surface area contributed by atoms with Gasteiger partial charge < -0.3 is 25.7 Å². The molecule has 0 radical (unpaired) electrons. The number of amides is 1. The number of carboxylic acid groups (broad SMARTS) is 1. The Kier molecular flexibility index (Phi) is 9.26. The summed E-state index contributed by atoms with van der Waals surface area (Å²) in [7, 11) is 0. The van der Waals surface area contributed by atoms with Crippen LogP contribution in [-0.2, 0) is 6.42 Å². The van der Waals surface area contributed by atoms with Crippen molar-refractivity contribution < 1.29 is 24.5 Å². The number of nitrogens with two attached hydrogens (primary N) is 1. The van der Waals surface area contributed by atoms with Crippen molar-refractivity contribution in [2.45, 2.75) is 19.8 Å². The van der Waals surface area contributed by atoms with E-state index >= 15 is 0 Å². The molecule has 4 aromatic carbocycles. The number of H-pyrrole nitrogens is 1. The normalized spacial score (nSPS) is 10.8. The van der Waals surface area contributed by atoms with E-state index in [4.69, 9.17) is 15.6 Å². The minimum Gasteiger partial charge on any atom is -0.508 e. The number of carbonyl (C=O) groups excluding carboxylic acids is 1. The number of hydrogen-bond donors (Lipinski definition) is 4. The Morgan fingerprint density at radius 1 is 0.955 bits per heavy atom. The van der Waals surface area contributed by atoms with Gasteiger partial charge in [-0.25, -0.2) is 4.79 Å². The second-order valence-electron chi connectivity index (χ2n) is 10.2. The smallest absolute Gasteiger partial charge is 0.352 e. The lowest BCUT2D eigenvalue weighted by atomic mass is 10.0. The van der Waals surface area contributed by atoms with Crippen molar-refractivity contribution >= 4 is 49.5 Å². The molecule has 0 saturated heterocycles. The number of hydrogen-bond acceptors (Lipinski definition) is 5. The second kappa shape index (κ2) is 13.4. The first-order valence-electron chi connectivity index (χ1n) is 13.9. The Morgan fingerprint density at radius 3 is 2.41 bits per heavy atom. The number of carboxylic acids is 1. The largest absolute Gasteiger partial charge is 0.508 e. The van der Waals surface area contributed by atoms with E-state index in [9.17, 15) is 14.7 Å². The molecule has 5 N–H and O–H groups in total. The molecule has 0 aliphatic rings. The van der Waals surface area contributed by atoms with Gasteiger partial charge in [0.15, 0.2) is 0 Å². The number of nitrogens with zero attached hydrogens (tertiary/aromatic N) is 1. The van der Waals surface area contributed by atoms with E-state index in [0.717, 1.165) is 43.1 Å². The van der Waals surface area contributed by atoms with E-state index in [1.165, 1.54) is 6.20 Å². The molecule has 0 aliphatic heterocycles. The van der Waals surface area contributed by atoms with Crippen LogP contribution >= 0.6 is 15.9 Å². The van der Waals surface area contributed by atoms with E-state index in [1.54, 1.807) is 24.3 Å². The van der Waals surface area contributed by atoms with Crippen molar-refractivity contribution in [3.05, 3.63) is 124 Å². The lowest BCUT2D eigenvalue weighted by molar-refractivity contribution is 0.0690. The molecule has 0 unspecified atom stereocenters. The number of halogens is 1. The Bertz CT molecular complexity index is 1960. The van der Waals surface area contributed by atoms with Crippen molar-refractivity contribution in [3.8, 4) is 22.8 Å². The molecule has 2 aromatic heterocycles. The highest BCUT2D eigenvalue weighted by molar-refractivity contribution is 9.10. The van der Waals surface area contributed by atoms with Crippen LogP contribution in [0.15, 0.2) is 102 Å². The van der Waals surface area contributed by atoms with Crippen LogP contribution in [0.5, 0.6) is 11.5 Å². The number of fused-ring (bicyclic) bond motifs is 2. The number of ether oxygens (including phenoxy) is 1. The van der Waals surface area contributed by atoms with Crippen LogP contribution in [0, 0.1) is 6.92 Å². The van der Waals surface area contributed by atoms with E-state index in [0.29, 0.717) is 42.0 Å². The second-order valence-corrected chi connectivity index (χ2v) is 11.0. The zero-order valence-corrected chi connectivity index (χ0v) is 25.5. The molecule has 222 valence electrons. The summed E-state index contributed by atoms with van der Waals surface area (Å²) in [6.07, 6.45) is 2.60. The maximum absolute atomic E-state index is 12.0. The minimum atomic E-state index is -1.02. The van der Waals surface area contributed by atoms with Crippen LogP contribution in [0.4, 0.5) is 0 Å². The van der Waals surface area contributed by atoms with Crippen molar-refractivity contribution in [1.29, 1.82) is 0 Å². The van der Waals surface area contributed by atoms with Gasteiger partial charge >= 0.3 is 5.97 Å². The molecule has 9 heteroatoms. The van der Waals surface area contributed by atoms with Gasteiger partial charge in [0.05, 0.1) is 23.4 Å². The molecule has 6 aromatic rings. The van der Waals surface area contributed by atoms with Gasteiger partial charge in [0.1, 0.15) is 17.2 Å². The molecule has 6 rings (SSSR count). The molecule has 1 amide bonds. The molecular formula is C35H30BrN3O5. The lowest BCUT2D eigenvalue weighted by Gasteiger charge is -2.09. The summed E-state index contributed by atoms with van der Waals surface area (Å²) >= 11 is 3.32. The van der Waals surface area contributed by atoms with Crippen LogP contribution in [0.25, 0.3) is 32.9 Å². The maximum Gasteiger partial charge on any atom is 0.352 e. The molecule has 0 spiro atoms. The average Bonchev–Trinajstić information content (AvgIpc) is 3.41. The van der Waals surface area contributed by atoms with Crippen LogP contribution in [0.1, 0.15) is 38.4 Å². The maximum atomic E-state index is 12.0. The number of aromatic hydroxyl groups is 1. The van der Waals surface area contributed by atoms with E-state index in [-0.39, 0.29) is 5.69 Å². The fourth-order valence-corrected chi connectivity index (χ4v) is 5.26. The number of aromatic amines is 1. The Labute approximate surface area is 262 Å². The number of primary amides is 1. The van der Waals surface area contributed by atoms with Gasteiger partial charge in [-0.3, -0.25) is 9.78 Å². The molecule has 0 fully saturated rings. The SMILES string of the molecule is Cc1cc(O)ccc1Br.NC(=O)c1ccc(-c2cccc3c(CCCOc4cccc5ccccc45)c(C(=O)O)[nH]c23)nc1. The highest BCUT2D eigenvalue weighted by atomic mass is 79.9. The summed E-state index contributed by atoms with van der Waals surface area (Å²) in [6.45, 7) is 2.39. The molecule has 0 bridgehead atoms. The fraction of sp³-hybridized carbons (Fsp3) is 0.114. The molecule has 0 saturated carbocycles. The van der Waals surface area contributed by atoms with Gasteiger partial charge in [0.25, 0.3) is 0 Å². The predicted molar refractivity (Wildman–Crippen MR) is 175 cm³/mol. The monoisotopic (exact) mass is 651 g/mol. The summed E-state index contributed by atoms with van der Waals surface area (Å²) < 4.78 is 7.08. The quantitative estimate of drug-likeness (QED) is 0.125. The molecular weight excluding hydrogens is 622 g/mol. The summed E-state index contributed by atoms with van der Waals surface area (Å²) in [6, 6.07) is 28.1. The number of para-hydroxylation sites is 1. The number of aromatic carboxylic acids is 1. The Balaban J connectivity index is 0.000000367. The van der Waals surface area contributed by atoms with Crippen LogP contribution < -0.4 is 10.5 Å². The standard InChI is InChI=1S/C28H23N3O4.C7H7BrO/c29-27(32)18-13-14-23(30-16-18)22-10-4-9-20-21(26(28(33)34)31-25(20)22)11-5-15-35-24-12-3-7-17-6-1-2-8-19(17)24;1-5-4-6(9)2-3-7(5)8/h1-4,6-10,12-14,16,31H,5,11,15H2,(H2,29,32)(H,33,34);2-4,9H,1H3. The zero-order chi connectivity index (χ0) is 31.2. The minimum absolute atomic E-state index is 0.159. The van der Waals surface area contributed by atoms with Gasteiger partial charge in [0, 0.05) is 27.0 Å². The topological polar surface area (TPSA) is 139 Å². The molecule has 0 atom stereocenters. The highest BCUT2D eigenvalue weighted by Crippen LogP contribution is 2.32. The number of aryl methyl sites for hydroxylation is 2. The number of benzene rings is 4. The van der Waals surface area contributed by atoms with Crippen molar-refractivity contribution in [3.63, 3.8) is 0 Å². The highest BCUT2D eigenvalue weighted by Gasteiger charge is 2.19. The number of nitrogens with one attached hydrogen (secondary N) is 1. The molecule has 8 nitrogen and oxygen atoms in total. The number of carbonyl (C=O) groups is 2. The van der Waals surface area contributed by atoms with Gasteiger partial charge in [-0.2, -0.15) is 0 Å².